The Labute approximate surface area is 139 Å². The third kappa shape index (κ3) is 4.16. The Kier molecular flexibility index (Phi) is 5.66. The van der Waals surface area contributed by atoms with E-state index in [-0.39, 0.29) is 23.2 Å². The maximum absolute atomic E-state index is 12.8. The molecule has 0 aliphatic heterocycles. The van der Waals surface area contributed by atoms with Gasteiger partial charge in [-0.05, 0) is 42.0 Å². The van der Waals surface area contributed by atoms with Gasteiger partial charge in [0.25, 0.3) is 15.9 Å². The van der Waals surface area contributed by atoms with Crippen molar-refractivity contribution in [1.82, 2.24) is 9.79 Å². The van der Waals surface area contributed by atoms with Crippen LogP contribution in [0.4, 0.5) is 4.39 Å². The summed E-state index contributed by atoms with van der Waals surface area (Å²) in [6.45, 7) is 0.242. The van der Waals surface area contributed by atoms with Gasteiger partial charge in [0.1, 0.15) is 5.82 Å². The maximum Gasteiger partial charge on any atom is 0.264 e. The van der Waals surface area contributed by atoms with Gasteiger partial charge in [0, 0.05) is 19.2 Å². The van der Waals surface area contributed by atoms with Crippen molar-refractivity contribution in [1.29, 1.82) is 0 Å². The Morgan fingerprint density at radius 1 is 1.12 bits per heavy atom. The van der Waals surface area contributed by atoms with E-state index >= 15 is 0 Å². The van der Waals surface area contributed by atoms with Gasteiger partial charge in [-0.25, -0.2) is 12.8 Å². The van der Waals surface area contributed by atoms with Crippen molar-refractivity contribution in [2.45, 2.75) is 11.4 Å². The van der Waals surface area contributed by atoms with E-state index in [9.17, 15) is 17.6 Å². The van der Waals surface area contributed by atoms with Gasteiger partial charge < -0.3 is 5.32 Å². The number of nitrogens with one attached hydrogen (secondary N) is 1. The van der Waals surface area contributed by atoms with E-state index in [1.165, 1.54) is 50.6 Å². The number of amides is 1. The number of hydroxylamine groups is 1. The second-order valence-electron chi connectivity index (χ2n) is 4.93. The summed E-state index contributed by atoms with van der Waals surface area (Å²) in [4.78, 5) is 16.8. The normalized spacial score (nSPS) is 11.5. The molecule has 0 unspecified atom stereocenters. The monoisotopic (exact) mass is 352 g/mol. The van der Waals surface area contributed by atoms with Gasteiger partial charge in [0.2, 0.25) is 0 Å². The second-order valence-corrected chi connectivity index (χ2v) is 6.87. The summed E-state index contributed by atoms with van der Waals surface area (Å²) in [6, 6.07) is 11.3. The lowest BCUT2D eigenvalue weighted by Crippen LogP contribution is -2.26. The highest BCUT2D eigenvalue weighted by Gasteiger charge is 2.20. The average Bonchev–Trinajstić information content (AvgIpc) is 2.60. The molecule has 6 nitrogen and oxygen atoms in total. The summed E-state index contributed by atoms with van der Waals surface area (Å²) in [5.41, 5.74) is 1.07. The maximum atomic E-state index is 12.8. The molecule has 8 heteroatoms. The topological polar surface area (TPSA) is 75.7 Å². The van der Waals surface area contributed by atoms with Gasteiger partial charge in [-0.3, -0.25) is 9.63 Å². The van der Waals surface area contributed by atoms with Crippen LogP contribution in [0.25, 0.3) is 0 Å². The molecular formula is C16H17FN2O4S. The van der Waals surface area contributed by atoms with Crippen LogP contribution in [0.1, 0.15) is 15.9 Å². The van der Waals surface area contributed by atoms with Crippen LogP contribution in [-0.4, -0.2) is 33.0 Å². The van der Waals surface area contributed by atoms with Crippen molar-refractivity contribution < 1.29 is 22.4 Å². The van der Waals surface area contributed by atoms with E-state index < -0.39 is 10.0 Å². The number of hydrogen-bond acceptors (Lipinski definition) is 4. The minimum absolute atomic E-state index is 0.0157. The van der Waals surface area contributed by atoms with Crippen LogP contribution in [0, 0.1) is 5.82 Å². The van der Waals surface area contributed by atoms with Crippen LogP contribution in [0.15, 0.2) is 53.4 Å². The molecule has 0 heterocycles. The van der Waals surface area contributed by atoms with E-state index in [0.717, 1.165) is 10.0 Å². The van der Waals surface area contributed by atoms with Crippen molar-refractivity contribution in [2.24, 2.45) is 0 Å². The number of hydrogen-bond donors (Lipinski definition) is 1. The highest BCUT2D eigenvalue weighted by Crippen LogP contribution is 2.15. The molecule has 2 aromatic carbocycles. The van der Waals surface area contributed by atoms with Gasteiger partial charge in [-0.2, -0.15) is 0 Å². The quantitative estimate of drug-likeness (QED) is 0.806. The van der Waals surface area contributed by atoms with Crippen molar-refractivity contribution >= 4 is 15.9 Å². The molecule has 2 rings (SSSR count). The number of sulfonamides is 1. The fourth-order valence-corrected chi connectivity index (χ4v) is 2.88. The van der Waals surface area contributed by atoms with Crippen LogP contribution in [-0.2, 0) is 21.4 Å². The van der Waals surface area contributed by atoms with E-state index in [0.29, 0.717) is 5.56 Å². The highest BCUT2D eigenvalue weighted by molar-refractivity contribution is 7.89. The largest absolute Gasteiger partial charge is 0.348 e. The average molecular weight is 352 g/mol. The third-order valence-electron chi connectivity index (χ3n) is 3.38. The van der Waals surface area contributed by atoms with Crippen LogP contribution >= 0.6 is 0 Å². The first-order chi connectivity index (χ1) is 11.3. The molecule has 2 aromatic rings. The molecule has 24 heavy (non-hydrogen) atoms. The zero-order chi connectivity index (χ0) is 17.7. The Morgan fingerprint density at radius 3 is 2.25 bits per heavy atom. The van der Waals surface area contributed by atoms with E-state index in [1.807, 2.05) is 0 Å². The Bertz CT molecular complexity index is 805. The van der Waals surface area contributed by atoms with Gasteiger partial charge in [-0.1, -0.05) is 16.6 Å². The number of halogens is 1. The van der Waals surface area contributed by atoms with Crippen LogP contribution < -0.4 is 5.32 Å². The molecule has 0 saturated heterocycles. The molecule has 0 aliphatic carbocycles. The van der Waals surface area contributed by atoms with Crippen molar-refractivity contribution in [3.63, 3.8) is 0 Å². The third-order valence-corrected chi connectivity index (χ3v) is 5.07. The lowest BCUT2D eigenvalue weighted by Gasteiger charge is -2.14. The SMILES string of the molecule is CON(C)S(=O)(=O)c1ccc(C(=O)NCc2ccc(F)cc2)cc1. The lowest BCUT2D eigenvalue weighted by molar-refractivity contribution is -0.0258. The smallest absolute Gasteiger partial charge is 0.264 e. The van der Waals surface area contributed by atoms with Gasteiger partial charge >= 0.3 is 0 Å². The van der Waals surface area contributed by atoms with E-state index in [1.54, 1.807) is 12.1 Å². The first-order valence-corrected chi connectivity index (χ1v) is 8.44. The van der Waals surface area contributed by atoms with Gasteiger partial charge in [0.05, 0.1) is 12.0 Å². The van der Waals surface area contributed by atoms with Crippen molar-refractivity contribution in [3.8, 4) is 0 Å². The zero-order valence-electron chi connectivity index (χ0n) is 13.2. The number of carbonyl (C=O) groups is 1. The highest BCUT2D eigenvalue weighted by atomic mass is 32.2. The summed E-state index contributed by atoms with van der Waals surface area (Å²) in [5, 5.41) is 2.68. The fraction of sp³-hybridized carbons (Fsp3) is 0.188. The summed E-state index contributed by atoms with van der Waals surface area (Å²) in [6.07, 6.45) is 0. The molecule has 0 bridgehead atoms. The van der Waals surface area contributed by atoms with Crippen LogP contribution in [0.5, 0.6) is 0 Å². The lowest BCUT2D eigenvalue weighted by atomic mass is 10.2. The number of nitrogens with zero attached hydrogens (tertiary/aromatic N) is 1. The Morgan fingerprint density at radius 2 is 1.71 bits per heavy atom. The minimum atomic E-state index is -3.75. The first-order valence-electron chi connectivity index (χ1n) is 7.00. The van der Waals surface area contributed by atoms with Crippen LogP contribution in [0.3, 0.4) is 0 Å². The van der Waals surface area contributed by atoms with E-state index in [4.69, 9.17) is 0 Å². The minimum Gasteiger partial charge on any atom is -0.348 e. The van der Waals surface area contributed by atoms with Gasteiger partial charge in [0.15, 0.2) is 0 Å². The predicted molar refractivity (Wildman–Crippen MR) is 86.0 cm³/mol. The second kappa shape index (κ2) is 7.52. The van der Waals surface area contributed by atoms with Crippen LogP contribution in [0.2, 0.25) is 0 Å². The number of benzene rings is 2. The molecule has 0 spiro atoms. The summed E-state index contributed by atoms with van der Waals surface area (Å²) in [5.74, 6) is -0.703. The molecule has 1 N–H and O–H groups in total. The molecule has 0 fully saturated rings. The standard InChI is InChI=1S/C16H17FN2O4S/c1-19(23-2)24(21,22)15-9-5-13(6-10-15)16(20)18-11-12-3-7-14(17)8-4-12/h3-10H,11H2,1-2H3,(H,18,20). The van der Waals surface area contributed by atoms with Crippen molar-refractivity contribution in [2.75, 3.05) is 14.2 Å². The molecule has 0 radical (unpaired) electrons. The molecule has 0 saturated carbocycles. The molecule has 0 atom stereocenters. The Hall–Kier alpha value is -2.29. The summed E-state index contributed by atoms with van der Waals surface area (Å²) in [7, 11) is -1.23. The molecular weight excluding hydrogens is 335 g/mol. The predicted octanol–water partition coefficient (Wildman–Crippen LogP) is 1.94. The first kappa shape index (κ1) is 18.1. The Balaban J connectivity index is 2.05. The number of rotatable bonds is 6. The fourth-order valence-electron chi connectivity index (χ4n) is 1.91. The summed E-state index contributed by atoms with van der Waals surface area (Å²) >= 11 is 0. The zero-order valence-corrected chi connectivity index (χ0v) is 14.0. The van der Waals surface area contributed by atoms with Crippen molar-refractivity contribution in [3.05, 3.63) is 65.5 Å². The molecule has 128 valence electrons. The molecule has 0 aromatic heterocycles. The summed E-state index contributed by atoms with van der Waals surface area (Å²) < 4.78 is 37.7. The molecule has 1 amide bonds. The van der Waals surface area contributed by atoms with Gasteiger partial charge in [-0.15, -0.1) is 0 Å². The van der Waals surface area contributed by atoms with E-state index in [2.05, 4.69) is 10.2 Å². The molecule has 0 aliphatic rings. The number of carbonyl (C=O) groups excluding carboxylic acids is 1.